The second kappa shape index (κ2) is 5.22. The van der Waals surface area contributed by atoms with Crippen LogP contribution >= 0.6 is 11.3 Å². The molecule has 0 aliphatic carbocycles. The van der Waals surface area contributed by atoms with Crippen molar-refractivity contribution in [2.75, 3.05) is 31.1 Å². The van der Waals surface area contributed by atoms with E-state index in [-0.39, 0.29) is 11.5 Å². The Morgan fingerprint density at radius 2 is 2.16 bits per heavy atom. The summed E-state index contributed by atoms with van der Waals surface area (Å²) in [4.78, 5) is 6.54. The van der Waals surface area contributed by atoms with E-state index in [0.29, 0.717) is 10.8 Å². The Morgan fingerprint density at radius 1 is 1.37 bits per heavy atom. The van der Waals surface area contributed by atoms with E-state index < -0.39 is 6.43 Å². The van der Waals surface area contributed by atoms with E-state index in [0.717, 1.165) is 26.2 Å². The van der Waals surface area contributed by atoms with Gasteiger partial charge in [-0.1, -0.05) is 0 Å². The molecule has 3 rings (SSSR count). The van der Waals surface area contributed by atoms with Gasteiger partial charge in [0.1, 0.15) is 4.88 Å². The van der Waals surface area contributed by atoms with Gasteiger partial charge in [-0.3, -0.25) is 0 Å². The van der Waals surface area contributed by atoms with Gasteiger partial charge in [0.05, 0.1) is 0 Å². The maximum Gasteiger partial charge on any atom is 0.270 e. The summed E-state index contributed by atoms with van der Waals surface area (Å²) in [5.41, 5.74) is -0.0551. The summed E-state index contributed by atoms with van der Waals surface area (Å²) in [6.45, 7) is 3.27. The summed E-state index contributed by atoms with van der Waals surface area (Å²) in [5.74, 6) is 0.629. The van der Waals surface area contributed by atoms with E-state index in [4.69, 9.17) is 4.52 Å². The first kappa shape index (κ1) is 12.5. The molecule has 0 atom stereocenters. The molecule has 0 amide bonds. The molecule has 0 bridgehead atoms. The van der Waals surface area contributed by atoms with Crippen molar-refractivity contribution in [3.63, 3.8) is 0 Å². The molecule has 1 fully saturated rings. The fourth-order valence-electron chi connectivity index (χ4n) is 1.97. The Morgan fingerprint density at radius 3 is 2.89 bits per heavy atom. The lowest BCUT2D eigenvalue weighted by molar-refractivity contribution is 0.152. The Labute approximate surface area is 112 Å². The summed E-state index contributed by atoms with van der Waals surface area (Å²) < 4.78 is 30.7. The lowest BCUT2D eigenvalue weighted by Crippen LogP contribution is -2.44. The highest BCUT2D eigenvalue weighted by molar-refractivity contribution is 7.13. The first-order valence-electron chi connectivity index (χ1n) is 5.91. The smallest absolute Gasteiger partial charge is 0.270 e. The van der Waals surface area contributed by atoms with Gasteiger partial charge in [0, 0.05) is 31.7 Å². The van der Waals surface area contributed by atoms with Crippen molar-refractivity contribution < 1.29 is 13.3 Å². The van der Waals surface area contributed by atoms with E-state index in [2.05, 4.69) is 15.5 Å². The van der Waals surface area contributed by atoms with E-state index in [1.165, 1.54) is 17.4 Å². The van der Waals surface area contributed by atoms with E-state index in [1.807, 2.05) is 4.90 Å². The summed E-state index contributed by atoms with van der Waals surface area (Å²) in [5, 5.41) is 8.69. The Hall–Kier alpha value is -1.54. The summed E-state index contributed by atoms with van der Waals surface area (Å²) in [7, 11) is 0. The van der Waals surface area contributed by atoms with Crippen LogP contribution in [0.1, 0.15) is 12.0 Å². The van der Waals surface area contributed by atoms with Gasteiger partial charge in [0.15, 0.2) is 0 Å². The first-order valence-corrected chi connectivity index (χ1v) is 6.79. The van der Waals surface area contributed by atoms with Gasteiger partial charge in [-0.25, -0.2) is 8.78 Å². The molecule has 1 saturated heterocycles. The lowest BCUT2D eigenvalue weighted by Gasteiger charge is -2.25. The minimum Gasteiger partial charge on any atom is -0.336 e. The van der Waals surface area contributed by atoms with Gasteiger partial charge in [0.2, 0.25) is 0 Å². The highest BCUT2D eigenvalue weighted by Gasteiger charge is 2.22. The van der Waals surface area contributed by atoms with E-state index in [9.17, 15) is 8.78 Å². The average molecular weight is 286 g/mol. The molecule has 1 aliphatic heterocycles. The number of nitrogens with zero attached hydrogens (tertiary/aromatic N) is 3. The summed E-state index contributed by atoms with van der Waals surface area (Å²) in [6.07, 6.45) is -2.53. The number of hydrogen-bond donors (Lipinski definition) is 1. The zero-order valence-electron chi connectivity index (χ0n) is 9.97. The van der Waals surface area contributed by atoms with Gasteiger partial charge < -0.3 is 14.7 Å². The number of nitrogens with one attached hydrogen (secondary N) is 1. The zero-order valence-corrected chi connectivity index (χ0v) is 10.8. The monoisotopic (exact) mass is 286 g/mol. The lowest BCUT2D eigenvalue weighted by atomic mass is 10.2. The first-order chi connectivity index (χ1) is 9.25. The second-order valence-electron chi connectivity index (χ2n) is 4.14. The van der Waals surface area contributed by atoms with E-state index in [1.54, 1.807) is 5.38 Å². The maximum absolute atomic E-state index is 12.8. The molecular weight excluding hydrogens is 274 g/mol. The third-order valence-electron chi connectivity index (χ3n) is 2.94. The largest absolute Gasteiger partial charge is 0.336 e. The van der Waals surface area contributed by atoms with Crippen molar-refractivity contribution in [2.24, 2.45) is 0 Å². The number of aromatic nitrogens is 2. The molecule has 0 aromatic carbocycles. The van der Waals surface area contributed by atoms with Crippen molar-refractivity contribution in [3.05, 3.63) is 17.0 Å². The fraction of sp³-hybridized carbons (Fsp3) is 0.455. The molecule has 0 saturated carbocycles. The SMILES string of the molecule is FC(F)c1ccsc1-c1nc(N2CCNCC2)no1. The highest BCUT2D eigenvalue weighted by atomic mass is 32.1. The third-order valence-corrected chi connectivity index (χ3v) is 3.86. The number of anilines is 1. The molecule has 1 aliphatic rings. The molecular formula is C11H12F2N4OS. The number of piperazine rings is 1. The second-order valence-corrected chi connectivity index (χ2v) is 5.06. The Kier molecular flexibility index (Phi) is 3.43. The van der Waals surface area contributed by atoms with Crippen LogP contribution in [0.3, 0.4) is 0 Å². The third kappa shape index (κ3) is 2.45. The van der Waals surface area contributed by atoms with Crippen molar-refractivity contribution in [1.82, 2.24) is 15.5 Å². The predicted octanol–water partition coefficient (Wildman–Crippen LogP) is 2.15. The minimum atomic E-state index is -2.53. The summed E-state index contributed by atoms with van der Waals surface area (Å²) >= 11 is 1.18. The number of alkyl halides is 2. The average Bonchev–Trinajstić information content (AvgIpc) is 3.08. The Balaban J connectivity index is 1.86. The highest BCUT2D eigenvalue weighted by Crippen LogP contribution is 2.35. The maximum atomic E-state index is 12.8. The number of hydrogen-bond acceptors (Lipinski definition) is 6. The van der Waals surface area contributed by atoms with Crippen molar-refractivity contribution >= 4 is 17.3 Å². The van der Waals surface area contributed by atoms with E-state index >= 15 is 0 Å². The number of halogens is 2. The molecule has 0 radical (unpaired) electrons. The molecule has 102 valence electrons. The normalized spacial score (nSPS) is 16.3. The molecule has 1 N–H and O–H groups in total. The van der Waals surface area contributed by atoms with Crippen LogP contribution in [-0.2, 0) is 0 Å². The topological polar surface area (TPSA) is 54.2 Å². The van der Waals surface area contributed by atoms with Crippen molar-refractivity contribution in [2.45, 2.75) is 6.43 Å². The molecule has 0 spiro atoms. The number of rotatable bonds is 3. The molecule has 8 heteroatoms. The van der Waals surface area contributed by atoms with Gasteiger partial charge in [-0.2, -0.15) is 4.98 Å². The van der Waals surface area contributed by atoms with Gasteiger partial charge in [-0.05, 0) is 16.6 Å². The van der Waals surface area contributed by atoms with Crippen LogP contribution in [0.2, 0.25) is 0 Å². The number of thiophene rings is 1. The van der Waals surface area contributed by atoms with Gasteiger partial charge in [-0.15, -0.1) is 11.3 Å². The van der Waals surface area contributed by atoms with Crippen LogP contribution < -0.4 is 10.2 Å². The predicted molar refractivity (Wildman–Crippen MR) is 67.7 cm³/mol. The fourth-order valence-corrected chi connectivity index (χ4v) is 2.79. The molecule has 3 heterocycles. The Bertz CT molecular complexity index is 550. The van der Waals surface area contributed by atoms with Crippen LogP contribution in [0.5, 0.6) is 0 Å². The van der Waals surface area contributed by atoms with Crippen LogP contribution in [0.15, 0.2) is 16.0 Å². The molecule has 2 aromatic heterocycles. The van der Waals surface area contributed by atoms with Gasteiger partial charge in [0.25, 0.3) is 18.3 Å². The van der Waals surface area contributed by atoms with Gasteiger partial charge >= 0.3 is 0 Å². The molecule has 0 unspecified atom stereocenters. The summed E-state index contributed by atoms with van der Waals surface area (Å²) in [6, 6.07) is 1.39. The molecule has 2 aromatic rings. The minimum absolute atomic E-state index is 0.0551. The van der Waals surface area contributed by atoms with Crippen LogP contribution in [0, 0.1) is 0 Å². The quantitative estimate of drug-likeness (QED) is 0.937. The zero-order chi connectivity index (χ0) is 13.2. The van der Waals surface area contributed by atoms with Crippen LogP contribution in [0.25, 0.3) is 10.8 Å². The van der Waals surface area contributed by atoms with Crippen LogP contribution in [-0.4, -0.2) is 36.3 Å². The van der Waals surface area contributed by atoms with Crippen molar-refractivity contribution in [3.8, 4) is 10.8 Å². The van der Waals surface area contributed by atoms with Crippen LogP contribution in [0.4, 0.5) is 14.7 Å². The standard InChI is InChI=1S/C11H12F2N4OS/c12-9(13)7-1-6-19-8(7)10-15-11(16-18-10)17-4-2-14-3-5-17/h1,6,9,14H,2-5H2. The molecule has 19 heavy (non-hydrogen) atoms. The van der Waals surface area contributed by atoms with Crippen molar-refractivity contribution in [1.29, 1.82) is 0 Å². The molecule has 5 nitrogen and oxygen atoms in total.